The van der Waals surface area contributed by atoms with Crippen molar-refractivity contribution in [2.24, 2.45) is 27.9 Å². The average Bonchev–Trinajstić information content (AvgIpc) is 3.37. The van der Waals surface area contributed by atoms with Crippen LogP contribution in [0.4, 0.5) is 0 Å². The monoisotopic (exact) mass is 437 g/mol. The minimum Gasteiger partial charge on any atom is -0.408 e. The number of carbonyl (C=O) groups excluding carboxylic acids is 1. The highest BCUT2D eigenvalue weighted by molar-refractivity contribution is 6.43. The number of benzene rings is 1. The second-order valence-electron chi connectivity index (χ2n) is 8.61. The number of aliphatic imine (C=N–C) groups is 3. The van der Waals surface area contributed by atoms with Gasteiger partial charge < -0.3 is 15.2 Å². The van der Waals surface area contributed by atoms with Crippen LogP contribution in [-0.4, -0.2) is 47.0 Å². The molecule has 0 bridgehead atoms. The Bertz CT molecular complexity index is 1170. The summed E-state index contributed by atoms with van der Waals surface area (Å²) in [6.45, 7) is 1.10. The second kappa shape index (κ2) is 8.70. The van der Waals surface area contributed by atoms with E-state index in [0.717, 1.165) is 17.9 Å². The van der Waals surface area contributed by atoms with Crippen molar-refractivity contribution in [3.05, 3.63) is 34.3 Å². The maximum Gasteiger partial charge on any atom is 0.419 e. The topological polar surface area (TPSA) is 125 Å². The van der Waals surface area contributed by atoms with Crippen molar-refractivity contribution in [3.63, 3.8) is 0 Å². The summed E-state index contributed by atoms with van der Waals surface area (Å²) in [7, 11) is 1.65. The molecule has 1 saturated heterocycles. The summed E-state index contributed by atoms with van der Waals surface area (Å²) in [6, 6.07) is 4.76. The molecule has 2 atom stereocenters. The zero-order chi connectivity index (χ0) is 22.1. The fourth-order valence-electron chi connectivity index (χ4n) is 4.57. The zero-order valence-electron chi connectivity index (χ0n) is 18.0. The van der Waals surface area contributed by atoms with Crippen molar-refractivity contribution in [1.29, 1.82) is 0 Å². The summed E-state index contributed by atoms with van der Waals surface area (Å²) < 4.78 is 6.59. The summed E-state index contributed by atoms with van der Waals surface area (Å²) in [4.78, 5) is 38.0. The minimum atomic E-state index is -0.413. The standard InChI is InChI=1S/C22H27N7O3/c1-29-15-9-14(7-8-16(15)32-22(29)31)11-24-21(30)19-17-18(25-12-26-19)20(28-27-17)23-10-13-5-3-2-4-6-13/h7-9,12-13,17-18,27H,2-6,10-11H2,1H3,(H,23,28)(H,24,30). The maximum absolute atomic E-state index is 12.9. The molecule has 0 radical (unpaired) electrons. The highest BCUT2D eigenvalue weighted by Crippen LogP contribution is 2.24. The fraction of sp³-hybridized carbons (Fsp3) is 0.500. The van der Waals surface area contributed by atoms with Gasteiger partial charge in [-0.15, -0.1) is 0 Å². The first-order chi connectivity index (χ1) is 15.6. The predicted molar refractivity (Wildman–Crippen MR) is 122 cm³/mol. The number of nitrogens with zero attached hydrogens (tertiary/aromatic N) is 4. The summed E-state index contributed by atoms with van der Waals surface area (Å²) >= 11 is 0. The van der Waals surface area contributed by atoms with Gasteiger partial charge in [0.25, 0.3) is 5.91 Å². The Balaban J connectivity index is 1.23. The second-order valence-corrected chi connectivity index (χ2v) is 8.61. The van der Waals surface area contributed by atoms with Crippen molar-refractivity contribution in [2.45, 2.75) is 50.7 Å². The number of hydrazine groups is 1. The van der Waals surface area contributed by atoms with E-state index in [1.807, 2.05) is 12.1 Å². The summed E-state index contributed by atoms with van der Waals surface area (Å²) in [5, 5.41) is 2.91. The Morgan fingerprint density at radius 1 is 1.31 bits per heavy atom. The molecule has 1 amide bonds. The Labute approximate surface area is 184 Å². The molecule has 1 saturated carbocycles. The van der Waals surface area contributed by atoms with Gasteiger partial charge in [0.1, 0.15) is 30.0 Å². The molecular formula is C22H27N7O3. The third-order valence-corrected chi connectivity index (χ3v) is 6.46. The number of aromatic nitrogens is 1. The smallest absolute Gasteiger partial charge is 0.408 e. The van der Waals surface area contributed by atoms with Gasteiger partial charge in [0.15, 0.2) is 5.58 Å². The lowest BCUT2D eigenvalue weighted by Crippen LogP contribution is -2.49. The molecule has 2 unspecified atom stereocenters. The summed E-state index contributed by atoms with van der Waals surface area (Å²) in [5.74, 6) is 0.718. The quantitative estimate of drug-likeness (QED) is 0.645. The van der Waals surface area contributed by atoms with Crippen molar-refractivity contribution < 1.29 is 9.21 Å². The number of aryl methyl sites for hydroxylation is 1. The first-order valence-corrected chi connectivity index (χ1v) is 11.1. The number of amides is 1. The van der Waals surface area contributed by atoms with Gasteiger partial charge in [0.2, 0.25) is 0 Å². The Kier molecular flexibility index (Phi) is 5.60. The van der Waals surface area contributed by atoms with Gasteiger partial charge in [-0.1, -0.05) is 25.3 Å². The van der Waals surface area contributed by atoms with E-state index in [-0.39, 0.29) is 18.0 Å². The molecular weight excluding hydrogens is 410 g/mol. The van der Waals surface area contributed by atoms with Gasteiger partial charge >= 0.3 is 5.76 Å². The van der Waals surface area contributed by atoms with E-state index in [1.165, 1.54) is 43.0 Å². The molecule has 1 aromatic carbocycles. The van der Waals surface area contributed by atoms with E-state index in [9.17, 15) is 9.59 Å². The molecule has 32 heavy (non-hydrogen) atoms. The largest absolute Gasteiger partial charge is 0.419 e. The van der Waals surface area contributed by atoms with E-state index < -0.39 is 5.76 Å². The van der Waals surface area contributed by atoms with Crippen LogP contribution in [0, 0.1) is 5.92 Å². The number of amidine groups is 1. The highest BCUT2D eigenvalue weighted by Gasteiger charge is 2.40. The molecule has 1 aliphatic carbocycles. The van der Waals surface area contributed by atoms with Gasteiger partial charge in [-0.25, -0.2) is 15.2 Å². The zero-order valence-corrected chi connectivity index (χ0v) is 18.0. The third-order valence-electron chi connectivity index (χ3n) is 6.46. The highest BCUT2D eigenvalue weighted by atomic mass is 16.4. The van der Waals surface area contributed by atoms with E-state index in [1.54, 1.807) is 13.1 Å². The normalized spacial score (nSPS) is 24.4. The third kappa shape index (κ3) is 3.97. The van der Waals surface area contributed by atoms with Crippen LogP contribution in [0.25, 0.3) is 11.1 Å². The molecule has 2 aliphatic heterocycles. The number of hydrogen-bond acceptors (Lipinski definition) is 7. The van der Waals surface area contributed by atoms with Gasteiger partial charge in [0, 0.05) is 20.1 Å². The molecule has 10 heteroatoms. The molecule has 10 nitrogen and oxygen atoms in total. The van der Waals surface area contributed by atoms with E-state index in [4.69, 9.17) is 9.41 Å². The first kappa shape index (κ1) is 20.6. The lowest BCUT2D eigenvalue weighted by Gasteiger charge is -2.21. The van der Waals surface area contributed by atoms with Gasteiger partial charge in [-0.05, 0) is 36.5 Å². The van der Waals surface area contributed by atoms with E-state index in [0.29, 0.717) is 29.3 Å². The van der Waals surface area contributed by atoms with E-state index in [2.05, 4.69) is 26.2 Å². The molecule has 3 heterocycles. The molecule has 2 fully saturated rings. The number of oxazole rings is 1. The van der Waals surface area contributed by atoms with Crippen LogP contribution in [-0.2, 0) is 18.4 Å². The molecule has 0 spiro atoms. The summed E-state index contributed by atoms with van der Waals surface area (Å²) in [5.41, 5.74) is 8.66. The minimum absolute atomic E-state index is 0.268. The Morgan fingerprint density at radius 2 is 2.16 bits per heavy atom. The van der Waals surface area contributed by atoms with Crippen molar-refractivity contribution >= 4 is 34.9 Å². The predicted octanol–water partition coefficient (Wildman–Crippen LogP) is 1.05. The number of rotatable bonds is 5. The van der Waals surface area contributed by atoms with Crippen LogP contribution in [0.5, 0.6) is 0 Å². The van der Waals surface area contributed by atoms with E-state index >= 15 is 0 Å². The van der Waals surface area contributed by atoms with Crippen LogP contribution in [0.3, 0.4) is 0 Å². The van der Waals surface area contributed by atoms with Gasteiger partial charge in [-0.2, -0.15) is 0 Å². The Morgan fingerprint density at radius 3 is 3.00 bits per heavy atom. The van der Waals surface area contributed by atoms with Crippen LogP contribution >= 0.6 is 0 Å². The molecule has 1 aromatic heterocycles. The lowest BCUT2D eigenvalue weighted by molar-refractivity contribution is -0.115. The first-order valence-electron chi connectivity index (χ1n) is 11.1. The number of hydrogen-bond donors (Lipinski definition) is 3. The van der Waals surface area contributed by atoms with Crippen LogP contribution < -0.4 is 21.9 Å². The lowest BCUT2D eigenvalue weighted by atomic mass is 9.89. The fourth-order valence-corrected chi connectivity index (χ4v) is 4.57. The number of carbonyl (C=O) groups is 1. The SMILES string of the molecule is Cn1c(=O)oc2ccc(CNC(=O)C3=NC=NC4C(=NCC5CCCCC5)NNC34)cc21. The van der Waals surface area contributed by atoms with Gasteiger partial charge in [-0.3, -0.25) is 19.3 Å². The van der Waals surface area contributed by atoms with Crippen LogP contribution in [0.2, 0.25) is 0 Å². The summed E-state index contributed by atoms with van der Waals surface area (Å²) in [6.07, 6.45) is 7.79. The molecule has 5 rings (SSSR count). The number of nitrogens with one attached hydrogen (secondary N) is 3. The average molecular weight is 438 g/mol. The van der Waals surface area contributed by atoms with Crippen molar-refractivity contribution in [1.82, 2.24) is 20.7 Å². The van der Waals surface area contributed by atoms with Crippen molar-refractivity contribution in [3.8, 4) is 0 Å². The molecule has 3 aliphatic rings. The molecule has 168 valence electrons. The van der Waals surface area contributed by atoms with Crippen LogP contribution in [0.15, 0.2) is 42.4 Å². The van der Waals surface area contributed by atoms with Crippen molar-refractivity contribution in [2.75, 3.05) is 6.54 Å². The maximum atomic E-state index is 12.9. The molecule has 3 N–H and O–H groups in total. The van der Waals surface area contributed by atoms with Crippen LogP contribution in [0.1, 0.15) is 37.7 Å². The Hall–Kier alpha value is -3.27. The number of fused-ring (bicyclic) bond motifs is 2. The van der Waals surface area contributed by atoms with Gasteiger partial charge in [0.05, 0.1) is 5.52 Å². The molecule has 2 aromatic rings.